The van der Waals surface area contributed by atoms with E-state index < -0.39 is 0 Å². The van der Waals surface area contributed by atoms with Gasteiger partial charge in [0.2, 0.25) is 5.82 Å². The zero-order chi connectivity index (χ0) is 23.2. The van der Waals surface area contributed by atoms with Gasteiger partial charge in [-0.1, -0.05) is 12.1 Å². The zero-order valence-corrected chi connectivity index (χ0v) is 18.7. The fourth-order valence-corrected chi connectivity index (χ4v) is 3.98. The molecule has 0 unspecified atom stereocenters. The topological polar surface area (TPSA) is 132 Å². The molecule has 3 aromatic rings. The maximum absolute atomic E-state index is 12.7. The second kappa shape index (κ2) is 10.2. The van der Waals surface area contributed by atoms with Crippen molar-refractivity contribution in [2.24, 2.45) is 11.8 Å². The monoisotopic (exact) mass is 446 g/mol. The zero-order valence-electron chi connectivity index (χ0n) is 18.7. The quantitative estimate of drug-likeness (QED) is 0.586. The molecule has 1 saturated carbocycles. The van der Waals surface area contributed by atoms with Gasteiger partial charge < -0.3 is 10.1 Å². The van der Waals surface area contributed by atoms with E-state index in [1.54, 1.807) is 24.9 Å². The van der Waals surface area contributed by atoms with Gasteiger partial charge in [-0.05, 0) is 67.5 Å². The molecule has 1 aliphatic rings. The van der Waals surface area contributed by atoms with Crippen LogP contribution < -0.4 is 10.1 Å². The lowest BCUT2D eigenvalue weighted by molar-refractivity contribution is 0.0945. The minimum Gasteiger partial charge on any atom is -0.497 e. The van der Waals surface area contributed by atoms with Gasteiger partial charge in [0.05, 0.1) is 19.7 Å². The minimum absolute atomic E-state index is 0.165. The summed E-state index contributed by atoms with van der Waals surface area (Å²) >= 11 is 0. The molecule has 0 aliphatic heterocycles. The number of hydrogen-bond acceptors (Lipinski definition) is 8. The van der Waals surface area contributed by atoms with Crippen molar-refractivity contribution in [1.82, 2.24) is 35.5 Å². The van der Waals surface area contributed by atoms with Gasteiger partial charge in [0.25, 0.3) is 5.91 Å². The predicted molar refractivity (Wildman–Crippen MR) is 119 cm³/mol. The number of nitrogens with zero attached hydrogens (tertiary/aromatic N) is 7. The van der Waals surface area contributed by atoms with Crippen molar-refractivity contribution in [3.8, 4) is 23.3 Å². The molecule has 0 atom stereocenters. The van der Waals surface area contributed by atoms with Gasteiger partial charge in [0.15, 0.2) is 0 Å². The Morgan fingerprint density at radius 2 is 2.06 bits per heavy atom. The number of aromatic nitrogens is 6. The van der Waals surface area contributed by atoms with Crippen molar-refractivity contribution in [3.05, 3.63) is 47.4 Å². The van der Waals surface area contributed by atoms with E-state index in [-0.39, 0.29) is 17.5 Å². The van der Waals surface area contributed by atoms with E-state index in [9.17, 15) is 4.79 Å². The Bertz CT molecular complexity index is 1160. The number of ether oxygens (including phenoxy) is 1. The number of carbonyl (C=O) groups is 1. The number of aryl methyl sites for hydroxylation is 1. The molecule has 2 heterocycles. The lowest BCUT2D eigenvalue weighted by Crippen LogP contribution is -2.24. The highest BCUT2D eigenvalue weighted by molar-refractivity contribution is 5.93. The van der Waals surface area contributed by atoms with Gasteiger partial charge in [0.1, 0.15) is 23.0 Å². The van der Waals surface area contributed by atoms with E-state index >= 15 is 0 Å². The lowest BCUT2D eigenvalue weighted by Gasteiger charge is -2.23. The van der Waals surface area contributed by atoms with Gasteiger partial charge in [-0.3, -0.25) is 4.79 Å². The summed E-state index contributed by atoms with van der Waals surface area (Å²) < 4.78 is 5.22. The van der Waals surface area contributed by atoms with E-state index in [0.29, 0.717) is 36.4 Å². The van der Waals surface area contributed by atoms with Gasteiger partial charge in [-0.15, -0.1) is 10.2 Å². The molecule has 4 rings (SSSR count). The van der Waals surface area contributed by atoms with Gasteiger partial charge >= 0.3 is 0 Å². The fourth-order valence-electron chi connectivity index (χ4n) is 3.98. The summed E-state index contributed by atoms with van der Waals surface area (Å²) in [6.45, 7) is 2.72. The van der Waals surface area contributed by atoms with Crippen LogP contribution in [-0.4, -0.2) is 43.2 Å². The summed E-state index contributed by atoms with van der Waals surface area (Å²) in [6, 6.07) is 11.4. The van der Waals surface area contributed by atoms with Crippen LogP contribution in [0.5, 0.6) is 5.75 Å². The normalized spacial score (nSPS) is 17.8. The lowest BCUT2D eigenvalue weighted by atomic mass is 9.83. The largest absolute Gasteiger partial charge is 0.497 e. The van der Waals surface area contributed by atoms with E-state index in [4.69, 9.17) is 10.00 Å². The predicted octanol–water partition coefficient (Wildman–Crippen LogP) is 2.71. The van der Waals surface area contributed by atoms with Gasteiger partial charge in [0, 0.05) is 12.5 Å². The van der Waals surface area contributed by atoms with E-state index in [0.717, 1.165) is 37.0 Å². The molecule has 170 valence electrons. The smallest absolute Gasteiger partial charge is 0.270 e. The first-order valence-corrected chi connectivity index (χ1v) is 11.0. The van der Waals surface area contributed by atoms with Gasteiger partial charge in [-0.2, -0.15) is 10.1 Å². The average molecular weight is 447 g/mol. The minimum atomic E-state index is -0.314. The van der Waals surface area contributed by atoms with Crippen LogP contribution in [0.15, 0.2) is 30.3 Å². The highest BCUT2D eigenvalue weighted by Crippen LogP contribution is 2.29. The number of methoxy groups -OCH3 is 1. The molecule has 1 aliphatic carbocycles. The highest BCUT2D eigenvalue weighted by Gasteiger charge is 2.22. The number of hydrogen-bond donors (Lipinski definition) is 1. The number of benzene rings is 1. The van der Waals surface area contributed by atoms with Crippen LogP contribution in [0.3, 0.4) is 0 Å². The number of carbonyl (C=O) groups excluding carboxylic acids is 1. The van der Waals surface area contributed by atoms with Crippen LogP contribution in [-0.2, 0) is 13.1 Å². The van der Waals surface area contributed by atoms with Gasteiger partial charge in [-0.25, -0.2) is 9.97 Å². The first-order valence-electron chi connectivity index (χ1n) is 11.0. The highest BCUT2D eigenvalue weighted by atomic mass is 16.5. The van der Waals surface area contributed by atoms with Crippen molar-refractivity contribution in [3.63, 3.8) is 0 Å². The Balaban J connectivity index is 1.42. The van der Waals surface area contributed by atoms with Crippen LogP contribution in [0.25, 0.3) is 11.5 Å². The molecule has 10 nitrogen and oxygen atoms in total. The third kappa shape index (κ3) is 5.68. The Morgan fingerprint density at radius 3 is 2.82 bits per heavy atom. The van der Waals surface area contributed by atoms with E-state index in [2.05, 4.69) is 36.8 Å². The van der Waals surface area contributed by atoms with Crippen molar-refractivity contribution in [2.45, 2.75) is 45.7 Å². The third-order valence-corrected chi connectivity index (χ3v) is 5.79. The second-order valence-electron chi connectivity index (χ2n) is 8.23. The third-order valence-electron chi connectivity index (χ3n) is 5.79. The maximum Gasteiger partial charge on any atom is 0.270 e. The van der Waals surface area contributed by atoms with Crippen LogP contribution in [0.1, 0.15) is 47.6 Å². The molecule has 1 amide bonds. The Hall–Kier alpha value is -3.87. The van der Waals surface area contributed by atoms with Crippen molar-refractivity contribution in [2.75, 3.05) is 7.11 Å². The van der Waals surface area contributed by atoms with Crippen molar-refractivity contribution >= 4 is 5.91 Å². The van der Waals surface area contributed by atoms with Crippen LogP contribution in [0, 0.1) is 30.1 Å². The Labute approximate surface area is 192 Å². The fraction of sp³-hybridized carbons (Fsp3) is 0.435. The first kappa shape index (κ1) is 22.3. The van der Waals surface area contributed by atoms with E-state index in [1.165, 1.54) is 0 Å². The molecular formula is C23H26N8O2. The standard InChI is InChI=1S/C23H26N8O2/c1-15-26-20(22-28-30-31(29-22)14-17-8-6-16(12-24)7-9-17)11-21(27-15)23(32)25-13-18-4-3-5-19(10-18)33-2/h3-5,10-11,16-17H,6-9,13-14H2,1-2H3,(H,25,32). The molecular weight excluding hydrogens is 420 g/mol. The summed E-state index contributed by atoms with van der Waals surface area (Å²) in [6.07, 6.45) is 3.81. The number of nitrogens with one attached hydrogen (secondary N) is 1. The maximum atomic E-state index is 12.7. The van der Waals surface area contributed by atoms with E-state index in [1.807, 2.05) is 24.3 Å². The summed E-state index contributed by atoms with van der Waals surface area (Å²) in [5.41, 5.74) is 1.61. The summed E-state index contributed by atoms with van der Waals surface area (Å²) in [5, 5.41) is 24.7. The molecule has 10 heteroatoms. The summed E-state index contributed by atoms with van der Waals surface area (Å²) in [7, 11) is 1.60. The first-order chi connectivity index (χ1) is 16.0. The summed E-state index contributed by atoms with van der Waals surface area (Å²) in [5.74, 6) is 1.82. The number of nitriles is 1. The molecule has 1 fully saturated rings. The van der Waals surface area contributed by atoms with Crippen LogP contribution in [0.2, 0.25) is 0 Å². The number of tetrazole rings is 1. The molecule has 0 radical (unpaired) electrons. The molecule has 33 heavy (non-hydrogen) atoms. The van der Waals surface area contributed by atoms with Crippen molar-refractivity contribution < 1.29 is 9.53 Å². The molecule has 0 saturated heterocycles. The molecule has 0 spiro atoms. The molecule has 0 bridgehead atoms. The number of rotatable bonds is 7. The Kier molecular flexibility index (Phi) is 6.88. The van der Waals surface area contributed by atoms with Crippen LogP contribution >= 0.6 is 0 Å². The van der Waals surface area contributed by atoms with Crippen molar-refractivity contribution in [1.29, 1.82) is 5.26 Å². The average Bonchev–Trinajstić information content (AvgIpc) is 3.31. The number of amides is 1. The second-order valence-corrected chi connectivity index (χ2v) is 8.23. The SMILES string of the molecule is COc1cccc(CNC(=O)c2cc(-c3nnn(CC4CCC(C#N)CC4)n3)nc(C)n2)c1. The molecule has 1 aromatic carbocycles. The van der Waals surface area contributed by atoms with Crippen LogP contribution in [0.4, 0.5) is 0 Å². The molecule has 1 N–H and O–H groups in total. The Morgan fingerprint density at radius 1 is 1.24 bits per heavy atom. The molecule has 2 aromatic heterocycles. The summed E-state index contributed by atoms with van der Waals surface area (Å²) in [4.78, 5) is 22.9.